The number of fused-ring (bicyclic) bond motifs is 1. The van der Waals surface area contributed by atoms with E-state index in [-0.39, 0.29) is 0 Å². The number of pyridine rings is 1. The van der Waals surface area contributed by atoms with Crippen molar-refractivity contribution in [1.82, 2.24) is 9.97 Å². The van der Waals surface area contributed by atoms with Gasteiger partial charge in [-0.3, -0.25) is 4.98 Å². The Balaban J connectivity index is 3.08. The van der Waals surface area contributed by atoms with Gasteiger partial charge in [0, 0.05) is 16.8 Å². The number of hydrogen-bond acceptors (Lipinski definition) is 1. The molecule has 2 nitrogen and oxygen atoms in total. The minimum Gasteiger partial charge on any atom is -0.353 e. The number of H-pyrrole nitrogens is 1. The molecule has 2 heterocycles. The van der Waals surface area contributed by atoms with E-state index in [0.717, 1.165) is 16.4 Å². The van der Waals surface area contributed by atoms with Crippen LogP contribution in [0.15, 0.2) is 18.3 Å². The van der Waals surface area contributed by atoms with Crippen molar-refractivity contribution >= 4 is 23.2 Å². The first-order valence-corrected chi connectivity index (χ1v) is 4.42. The maximum Gasteiger partial charge on any atom is 0.0954 e. The zero-order valence-electron chi connectivity index (χ0n) is 7.83. The standard InChI is InChI=1S/C11H12N2/c1-3-8-9(4-2)13-10-6-5-7-12-11(8)10/h3-7,13H,1-2H3/b8-3+,9-4+. The Hall–Kier alpha value is -1.57. The highest BCUT2D eigenvalue weighted by Gasteiger charge is 1.97. The Morgan fingerprint density at radius 3 is 2.85 bits per heavy atom. The topological polar surface area (TPSA) is 28.7 Å². The van der Waals surface area contributed by atoms with Gasteiger partial charge in [0.15, 0.2) is 0 Å². The van der Waals surface area contributed by atoms with Gasteiger partial charge in [0.05, 0.1) is 11.0 Å². The second-order valence-electron chi connectivity index (χ2n) is 2.93. The van der Waals surface area contributed by atoms with Crippen LogP contribution in [0.25, 0.3) is 23.2 Å². The van der Waals surface area contributed by atoms with Crippen molar-refractivity contribution in [3.8, 4) is 0 Å². The molecule has 66 valence electrons. The van der Waals surface area contributed by atoms with Gasteiger partial charge in [-0.05, 0) is 26.0 Å². The minimum atomic E-state index is 1.05. The van der Waals surface area contributed by atoms with Crippen LogP contribution in [0.1, 0.15) is 13.8 Å². The van der Waals surface area contributed by atoms with Crippen LogP contribution in [0, 0.1) is 0 Å². The van der Waals surface area contributed by atoms with E-state index in [0.29, 0.717) is 0 Å². The Labute approximate surface area is 76.6 Å². The fourth-order valence-corrected chi connectivity index (χ4v) is 1.58. The molecule has 0 aliphatic heterocycles. The summed E-state index contributed by atoms with van der Waals surface area (Å²) in [6.07, 6.45) is 5.97. The average molecular weight is 172 g/mol. The summed E-state index contributed by atoms with van der Waals surface area (Å²) in [6, 6.07) is 3.99. The van der Waals surface area contributed by atoms with Crippen molar-refractivity contribution < 1.29 is 0 Å². The highest BCUT2D eigenvalue weighted by Crippen LogP contribution is 1.99. The molecule has 2 aromatic rings. The SMILES string of the molecule is C/C=c1\c(=C/C)[nH]c2cccnc12. The van der Waals surface area contributed by atoms with Crippen LogP contribution >= 0.6 is 0 Å². The molecule has 0 amide bonds. The van der Waals surface area contributed by atoms with Crippen LogP contribution in [0.5, 0.6) is 0 Å². The highest BCUT2D eigenvalue weighted by atomic mass is 14.8. The second kappa shape index (κ2) is 3.05. The molecular formula is C11H12N2. The van der Waals surface area contributed by atoms with Gasteiger partial charge in [0.1, 0.15) is 0 Å². The van der Waals surface area contributed by atoms with Crippen LogP contribution in [0.2, 0.25) is 0 Å². The van der Waals surface area contributed by atoms with Gasteiger partial charge in [-0.25, -0.2) is 0 Å². The zero-order chi connectivity index (χ0) is 9.26. The molecule has 0 radical (unpaired) electrons. The summed E-state index contributed by atoms with van der Waals surface area (Å²) < 4.78 is 0. The maximum atomic E-state index is 4.34. The molecule has 2 aromatic heterocycles. The number of nitrogens with one attached hydrogen (secondary N) is 1. The Bertz CT molecular complexity index is 535. The van der Waals surface area contributed by atoms with E-state index in [1.54, 1.807) is 0 Å². The lowest BCUT2D eigenvalue weighted by atomic mass is 10.3. The smallest absolute Gasteiger partial charge is 0.0954 e. The number of aromatic amines is 1. The van der Waals surface area contributed by atoms with Gasteiger partial charge in [-0.2, -0.15) is 0 Å². The minimum absolute atomic E-state index is 1.05. The van der Waals surface area contributed by atoms with Crippen molar-refractivity contribution in [1.29, 1.82) is 0 Å². The average Bonchev–Trinajstić information content (AvgIpc) is 2.55. The highest BCUT2D eigenvalue weighted by molar-refractivity contribution is 5.76. The predicted molar refractivity (Wildman–Crippen MR) is 55.6 cm³/mol. The Kier molecular flexibility index (Phi) is 1.89. The van der Waals surface area contributed by atoms with Crippen molar-refractivity contribution in [3.63, 3.8) is 0 Å². The molecule has 0 saturated carbocycles. The normalized spacial score (nSPS) is 14.3. The fraction of sp³-hybridized carbons (Fsp3) is 0.182. The van der Waals surface area contributed by atoms with E-state index < -0.39 is 0 Å². The second-order valence-corrected chi connectivity index (χ2v) is 2.93. The van der Waals surface area contributed by atoms with E-state index in [1.807, 2.05) is 32.2 Å². The van der Waals surface area contributed by atoms with E-state index >= 15 is 0 Å². The molecule has 0 unspecified atom stereocenters. The molecule has 2 rings (SSSR count). The summed E-state index contributed by atoms with van der Waals surface area (Å²) in [5.74, 6) is 0. The monoisotopic (exact) mass is 172 g/mol. The lowest BCUT2D eigenvalue weighted by molar-refractivity contribution is 1.35. The third-order valence-electron chi connectivity index (χ3n) is 2.20. The summed E-state index contributed by atoms with van der Waals surface area (Å²) in [5, 5.41) is 2.34. The van der Waals surface area contributed by atoms with Gasteiger partial charge in [0.2, 0.25) is 0 Å². The molecule has 2 heteroatoms. The van der Waals surface area contributed by atoms with E-state index in [2.05, 4.69) is 22.1 Å². The molecule has 13 heavy (non-hydrogen) atoms. The Morgan fingerprint density at radius 2 is 2.15 bits per heavy atom. The first kappa shape index (κ1) is 8.05. The van der Waals surface area contributed by atoms with E-state index in [4.69, 9.17) is 0 Å². The molecule has 0 aliphatic rings. The largest absolute Gasteiger partial charge is 0.353 e. The fourth-order valence-electron chi connectivity index (χ4n) is 1.58. The third kappa shape index (κ3) is 1.15. The third-order valence-corrected chi connectivity index (χ3v) is 2.20. The maximum absolute atomic E-state index is 4.34. The van der Waals surface area contributed by atoms with E-state index in [1.165, 1.54) is 5.22 Å². The predicted octanol–water partition coefficient (Wildman–Crippen LogP) is 1.16. The Morgan fingerprint density at radius 1 is 1.31 bits per heavy atom. The van der Waals surface area contributed by atoms with Crippen molar-refractivity contribution in [2.45, 2.75) is 13.8 Å². The van der Waals surface area contributed by atoms with Crippen molar-refractivity contribution in [2.75, 3.05) is 0 Å². The summed E-state index contributed by atoms with van der Waals surface area (Å²) >= 11 is 0. The molecule has 0 bridgehead atoms. The molecule has 0 saturated heterocycles. The first-order chi connectivity index (χ1) is 6.36. The van der Waals surface area contributed by atoms with Crippen molar-refractivity contribution in [2.24, 2.45) is 0 Å². The number of aromatic nitrogens is 2. The van der Waals surface area contributed by atoms with Gasteiger partial charge in [-0.1, -0.05) is 12.2 Å². The molecule has 0 fully saturated rings. The van der Waals surface area contributed by atoms with Gasteiger partial charge < -0.3 is 4.98 Å². The van der Waals surface area contributed by atoms with E-state index in [9.17, 15) is 0 Å². The first-order valence-electron chi connectivity index (χ1n) is 4.42. The number of nitrogens with zero attached hydrogens (tertiary/aromatic N) is 1. The quantitative estimate of drug-likeness (QED) is 0.634. The molecule has 0 atom stereocenters. The summed E-state index contributed by atoms with van der Waals surface area (Å²) in [7, 11) is 0. The number of rotatable bonds is 0. The molecule has 0 aliphatic carbocycles. The number of hydrogen-bond donors (Lipinski definition) is 1. The van der Waals surface area contributed by atoms with Gasteiger partial charge in [-0.15, -0.1) is 0 Å². The molecular weight excluding hydrogens is 160 g/mol. The molecule has 0 spiro atoms. The lowest BCUT2D eigenvalue weighted by Gasteiger charge is -1.84. The summed E-state index contributed by atoms with van der Waals surface area (Å²) in [5.41, 5.74) is 2.15. The summed E-state index contributed by atoms with van der Waals surface area (Å²) in [4.78, 5) is 7.65. The van der Waals surface area contributed by atoms with Crippen LogP contribution in [-0.4, -0.2) is 9.97 Å². The zero-order valence-corrected chi connectivity index (χ0v) is 7.83. The molecule has 1 N–H and O–H groups in total. The molecule has 0 aromatic carbocycles. The lowest BCUT2D eigenvalue weighted by Crippen LogP contribution is -2.21. The summed E-state index contributed by atoms with van der Waals surface area (Å²) in [6.45, 7) is 4.06. The van der Waals surface area contributed by atoms with Crippen LogP contribution in [-0.2, 0) is 0 Å². The van der Waals surface area contributed by atoms with Crippen LogP contribution in [0.3, 0.4) is 0 Å². The van der Waals surface area contributed by atoms with Gasteiger partial charge >= 0.3 is 0 Å². The van der Waals surface area contributed by atoms with Gasteiger partial charge in [0.25, 0.3) is 0 Å². The van der Waals surface area contributed by atoms with Crippen LogP contribution < -0.4 is 10.6 Å². The van der Waals surface area contributed by atoms with Crippen LogP contribution in [0.4, 0.5) is 0 Å². The van der Waals surface area contributed by atoms with Crippen molar-refractivity contribution in [3.05, 3.63) is 28.9 Å².